The Bertz CT molecular complexity index is 1030. The van der Waals surface area contributed by atoms with Gasteiger partial charge in [0.05, 0.1) is 6.04 Å². The molecule has 0 bridgehead atoms. The third-order valence-corrected chi connectivity index (χ3v) is 5.85. The summed E-state index contributed by atoms with van der Waals surface area (Å²) in [6.45, 7) is 0. The molecule has 0 aliphatic heterocycles. The fourth-order valence-electron chi connectivity index (χ4n) is 3.60. The molecular weight excluding hydrogens is 380 g/mol. The lowest BCUT2D eigenvalue weighted by Gasteiger charge is -2.26. The molecule has 2 N–H and O–H groups in total. The van der Waals surface area contributed by atoms with Crippen LogP contribution in [0.1, 0.15) is 45.2 Å². The van der Waals surface area contributed by atoms with Gasteiger partial charge >= 0.3 is 0 Å². The lowest BCUT2D eigenvalue weighted by atomic mass is 9.87. The van der Waals surface area contributed by atoms with Gasteiger partial charge in [0.1, 0.15) is 5.70 Å². The Morgan fingerprint density at radius 1 is 0.966 bits per heavy atom. The molecule has 29 heavy (non-hydrogen) atoms. The van der Waals surface area contributed by atoms with Gasteiger partial charge in [-0.1, -0.05) is 48.5 Å². The van der Waals surface area contributed by atoms with E-state index in [1.165, 1.54) is 16.9 Å². The number of rotatable bonds is 5. The van der Waals surface area contributed by atoms with E-state index in [2.05, 4.69) is 22.8 Å². The molecule has 2 aromatic carbocycles. The number of carbonyl (C=O) groups excluding carboxylic acids is 2. The molecule has 5 heteroatoms. The number of carbonyl (C=O) groups is 2. The van der Waals surface area contributed by atoms with Crippen molar-refractivity contribution in [3.8, 4) is 0 Å². The molecule has 0 fully saturated rings. The molecule has 3 aromatic rings. The Morgan fingerprint density at radius 2 is 1.76 bits per heavy atom. The van der Waals surface area contributed by atoms with Gasteiger partial charge in [0, 0.05) is 10.4 Å². The van der Waals surface area contributed by atoms with Crippen LogP contribution in [-0.2, 0) is 11.2 Å². The average molecular weight is 403 g/mol. The zero-order valence-corrected chi connectivity index (χ0v) is 16.7. The summed E-state index contributed by atoms with van der Waals surface area (Å²) in [7, 11) is 0. The minimum absolute atomic E-state index is 0.0483. The van der Waals surface area contributed by atoms with Crippen LogP contribution in [0.15, 0.2) is 77.8 Å². The van der Waals surface area contributed by atoms with E-state index in [0.717, 1.165) is 29.7 Å². The highest BCUT2D eigenvalue weighted by atomic mass is 32.1. The van der Waals surface area contributed by atoms with E-state index >= 15 is 0 Å². The van der Waals surface area contributed by atoms with Crippen molar-refractivity contribution in [3.05, 3.63) is 99.4 Å². The van der Waals surface area contributed by atoms with Crippen molar-refractivity contribution in [3.63, 3.8) is 0 Å². The minimum Gasteiger partial charge on any atom is -0.344 e. The molecule has 1 heterocycles. The molecule has 1 atom stereocenters. The zero-order valence-electron chi connectivity index (χ0n) is 15.9. The van der Waals surface area contributed by atoms with Crippen LogP contribution in [0, 0.1) is 0 Å². The fraction of sp³-hybridized carbons (Fsp3) is 0.167. The Kier molecular flexibility index (Phi) is 5.86. The van der Waals surface area contributed by atoms with Gasteiger partial charge in [0.15, 0.2) is 0 Å². The molecule has 146 valence electrons. The second-order valence-corrected chi connectivity index (χ2v) is 7.99. The number of benzene rings is 2. The molecule has 1 aromatic heterocycles. The normalized spacial score (nSPS) is 16.0. The van der Waals surface area contributed by atoms with Gasteiger partial charge in [-0.05, 0) is 60.0 Å². The second-order valence-electron chi connectivity index (χ2n) is 7.01. The van der Waals surface area contributed by atoms with Crippen LogP contribution in [0.3, 0.4) is 0 Å². The summed E-state index contributed by atoms with van der Waals surface area (Å²) in [6.07, 6.45) is 4.69. The van der Waals surface area contributed by atoms with Gasteiger partial charge in [-0.3, -0.25) is 9.59 Å². The van der Waals surface area contributed by atoms with E-state index in [9.17, 15) is 9.59 Å². The molecule has 0 saturated heterocycles. The van der Waals surface area contributed by atoms with Crippen molar-refractivity contribution >= 4 is 29.2 Å². The van der Waals surface area contributed by atoms with Crippen LogP contribution in [0.25, 0.3) is 6.08 Å². The van der Waals surface area contributed by atoms with Crippen molar-refractivity contribution < 1.29 is 9.59 Å². The molecule has 1 aliphatic carbocycles. The maximum absolute atomic E-state index is 13.1. The van der Waals surface area contributed by atoms with E-state index in [0.29, 0.717) is 5.56 Å². The topological polar surface area (TPSA) is 58.2 Å². The van der Waals surface area contributed by atoms with Gasteiger partial charge in [0.2, 0.25) is 0 Å². The smallest absolute Gasteiger partial charge is 0.268 e. The van der Waals surface area contributed by atoms with Crippen LogP contribution in [0.4, 0.5) is 0 Å². The highest BCUT2D eigenvalue weighted by Gasteiger charge is 2.23. The molecule has 4 rings (SSSR count). The standard InChI is InChI=1S/C24H22N2O2S/c27-23(18-9-2-1-3-10-18)26-22(16-19-12-7-15-29-19)24(28)25-21-14-6-11-17-8-4-5-13-20(17)21/h1-5,7-10,12-13,15-16,21H,6,11,14H2,(H,25,28)(H,26,27)/b22-16-/t21-/m1/s1. The van der Waals surface area contributed by atoms with E-state index in [1.54, 1.807) is 30.3 Å². The third-order valence-electron chi connectivity index (χ3n) is 5.03. The Morgan fingerprint density at radius 3 is 2.55 bits per heavy atom. The first-order chi connectivity index (χ1) is 14.2. The van der Waals surface area contributed by atoms with Crippen LogP contribution in [0.5, 0.6) is 0 Å². The van der Waals surface area contributed by atoms with Crippen LogP contribution in [-0.4, -0.2) is 11.8 Å². The van der Waals surface area contributed by atoms with Gasteiger partial charge in [-0.2, -0.15) is 0 Å². The summed E-state index contributed by atoms with van der Waals surface area (Å²) in [5.41, 5.74) is 3.21. The average Bonchev–Trinajstić information content (AvgIpc) is 3.27. The van der Waals surface area contributed by atoms with Crippen molar-refractivity contribution in [2.45, 2.75) is 25.3 Å². The van der Waals surface area contributed by atoms with Crippen LogP contribution >= 0.6 is 11.3 Å². The number of hydrogen-bond donors (Lipinski definition) is 2. The number of nitrogens with one attached hydrogen (secondary N) is 2. The summed E-state index contributed by atoms with van der Waals surface area (Å²) >= 11 is 1.52. The van der Waals surface area contributed by atoms with Crippen molar-refractivity contribution in [1.82, 2.24) is 10.6 Å². The van der Waals surface area contributed by atoms with Crippen molar-refractivity contribution in [2.75, 3.05) is 0 Å². The number of thiophene rings is 1. The monoisotopic (exact) mass is 402 g/mol. The lowest BCUT2D eigenvalue weighted by molar-refractivity contribution is -0.118. The molecule has 0 spiro atoms. The number of amides is 2. The first-order valence-electron chi connectivity index (χ1n) is 9.71. The number of fused-ring (bicyclic) bond motifs is 1. The molecule has 0 radical (unpaired) electrons. The van der Waals surface area contributed by atoms with Crippen molar-refractivity contribution in [1.29, 1.82) is 0 Å². The summed E-state index contributed by atoms with van der Waals surface area (Å²) in [5, 5.41) is 7.87. The molecule has 4 nitrogen and oxygen atoms in total. The predicted molar refractivity (Wildman–Crippen MR) is 116 cm³/mol. The Labute approximate surface area is 174 Å². The minimum atomic E-state index is -0.299. The van der Waals surface area contributed by atoms with E-state index in [-0.39, 0.29) is 23.6 Å². The van der Waals surface area contributed by atoms with E-state index < -0.39 is 0 Å². The largest absolute Gasteiger partial charge is 0.344 e. The first kappa shape index (κ1) is 19.2. The first-order valence-corrected chi connectivity index (χ1v) is 10.6. The lowest BCUT2D eigenvalue weighted by Crippen LogP contribution is -2.37. The van der Waals surface area contributed by atoms with Crippen LogP contribution < -0.4 is 10.6 Å². The summed E-state index contributed by atoms with van der Waals surface area (Å²) in [4.78, 5) is 26.7. The third kappa shape index (κ3) is 4.63. The quantitative estimate of drug-likeness (QED) is 0.607. The van der Waals surface area contributed by atoms with Gasteiger partial charge in [-0.15, -0.1) is 11.3 Å². The summed E-state index contributed by atoms with van der Waals surface area (Å²) < 4.78 is 0. The maximum Gasteiger partial charge on any atom is 0.268 e. The molecule has 0 saturated carbocycles. The Hall–Kier alpha value is -3.18. The Balaban J connectivity index is 1.57. The highest BCUT2D eigenvalue weighted by molar-refractivity contribution is 7.10. The molecular formula is C24H22N2O2S. The SMILES string of the molecule is O=C(N[C@@H]1CCCc2ccccc21)/C(=C/c1cccs1)NC(=O)c1ccccc1. The summed E-state index contributed by atoms with van der Waals surface area (Å²) in [6, 6.07) is 20.9. The number of aryl methyl sites for hydroxylation is 1. The molecule has 1 aliphatic rings. The van der Waals surface area contributed by atoms with E-state index in [1.807, 2.05) is 35.7 Å². The highest BCUT2D eigenvalue weighted by Crippen LogP contribution is 2.29. The fourth-order valence-corrected chi connectivity index (χ4v) is 4.26. The molecule has 2 amide bonds. The van der Waals surface area contributed by atoms with Gasteiger partial charge in [0.25, 0.3) is 11.8 Å². The molecule has 0 unspecified atom stereocenters. The maximum atomic E-state index is 13.1. The predicted octanol–water partition coefficient (Wildman–Crippen LogP) is 4.71. The number of hydrogen-bond acceptors (Lipinski definition) is 3. The second kappa shape index (κ2) is 8.88. The summed E-state index contributed by atoms with van der Waals surface area (Å²) in [5.74, 6) is -0.572. The zero-order chi connectivity index (χ0) is 20.1. The van der Waals surface area contributed by atoms with Gasteiger partial charge < -0.3 is 10.6 Å². The van der Waals surface area contributed by atoms with Crippen LogP contribution in [0.2, 0.25) is 0 Å². The van der Waals surface area contributed by atoms with E-state index in [4.69, 9.17) is 0 Å². The van der Waals surface area contributed by atoms with Gasteiger partial charge in [-0.25, -0.2) is 0 Å². The van der Waals surface area contributed by atoms with Crippen molar-refractivity contribution in [2.24, 2.45) is 0 Å².